The molecule has 0 bridgehead atoms. The fraction of sp³-hybridized carbons (Fsp3) is 0.571. The maximum atomic E-state index is 11.9. The average Bonchev–Trinajstić information content (AvgIpc) is 2.71. The Bertz CT molecular complexity index is 473. The van der Waals surface area contributed by atoms with Crippen molar-refractivity contribution < 1.29 is 14.7 Å². The molecule has 5 heteroatoms. The predicted molar refractivity (Wildman–Crippen MR) is 72.3 cm³/mol. The van der Waals surface area contributed by atoms with Crippen LogP contribution in [0.25, 0.3) is 0 Å². The van der Waals surface area contributed by atoms with E-state index in [1.54, 1.807) is 13.0 Å². The number of rotatable bonds is 4. The van der Waals surface area contributed by atoms with Crippen molar-refractivity contribution in [1.82, 2.24) is 4.98 Å². The van der Waals surface area contributed by atoms with Crippen LogP contribution >= 0.6 is 0 Å². The molecule has 2 rings (SSSR count). The number of anilines is 1. The minimum Gasteiger partial charge on any atom is -0.477 e. The van der Waals surface area contributed by atoms with E-state index in [2.05, 4.69) is 10.3 Å². The van der Waals surface area contributed by atoms with Crippen molar-refractivity contribution in [3.63, 3.8) is 0 Å². The fourth-order valence-electron chi connectivity index (χ4n) is 2.71. The SMILES string of the molecule is Cc1cc(NC(=O)CC2CCCCC2)c(C(=O)O)[nH]1. The van der Waals surface area contributed by atoms with Gasteiger partial charge in [0.25, 0.3) is 0 Å². The van der Waals surface area contributed by atoms with Crippen LogP contribution in [0.4, 0.5) is 5.69 Å². The summed E-state index contributed by atoms with van der Waals surface area (Å²) in [7, 11) is 0. The molecular weight excluding hydrogens is 244 g/mol. The second-order valence-electron chi connectivity index (χ2n) is 5.30. The van der Waals surface area contributed by atoms with E-state index >= 15 is 0 Å². The normalized spacial score (nSPS) is 16.3. The topological polar surface area (TPSA) is 82.2 Å². The highest BCUT2D eigenvalue weighted by Gasteiger charge is 2.19. The third kappa shape index (κ3) is 3.59. The molecule has 1 amide bonds. The van der Waals surface area contributed by atoms with Gasteiger partial charge in [-0.2, -0.15) is 0 Å². The summed E-state index contributed by atoms with van der Waals surface area (Å²) < 4.78 is 0. The smallest absolute Gasteiger partial charge is 0.354 e. The van der Waals surface area contributed by atoms with Crippen molar-refractivity contribution in [3.8, 4) is 0 Å². The highest BCUT2D eigenvalue weighted by atomic mass is 16.4. The molecule has 0 spiro atoms. The molecule has 19 heavy (non-hydrogen) atoms. The second kappa shape index (κ2) is 5.91. The first-order valence-corrected chi connectivity index (χ1v) is 6.79. The van der Waals surface area contributed by atoms with Gasteiger partial charge >= 0.3 is 5.97 Å². The number of hydrogen-bond donors (Lipinski definition) is 3. The standard InChI is InChI=1S/C14H20N2O3/c1-9-7-11(13(15-9)14(18)19)16-12(17)8-10-5-3-2-4-6-10/h7,10,15H,2-6,8H2,1H3,(H,16,17)(H,18,19). The van der Waals surface area contributed by atoms with E-state index in [1.807, 2.05) is 0 Å². The molecule has 1 heterocycles. The van der Waals surface area contributed by atoms with Crippen LogP contribution in [0.2, 0.25) is 0 Å². The van der Waals surface area contributed by atoms with Gasteiger partial charge in [-0.15, -0.1) is 0 Å². The Morgan fingerprint density at radius 3 is 2.68 bits per heavy atom. The highest BCUT2D eigenvalue weighted by molar-refractivity contribution is 5.99. The molecule has 1 aromatic heterocycles. The van der Waals surface area contributed by atoms with Crippen molar-refractivity contribution in [2.75, 3.05) is 5.32 Å². The molecule has 5 nitrogen and oxygen atoms in total. The Morgan fingerprint density at radius 2 is 2.05 bits per heavy atom. The zero-order valence-corrected chi connectivity index (χ0v) is 11.2. The van der Waals surface area contributed by atoms with Gasteiger partial charge in [-0.1, -0.05) is 19.3 Å². The van der Waals surface area contributed by atoms with E-state index in [0.717, 1.165) is 18.5 Å². The number of aromatic amines is 1. The second-order valence-corrected chi connectivity index (χ2v) is 5.30. The molecule has 1 aromatic rings. The zero-order chi connectivity index (χ0) is 13.8. The van der Waals surface area contributed by atoms with Crippen molar-refractivity contribution >= 4 is 17.6 Å². The van der Waals surface area contributed by atoms with Crippen LogP contribution in [0.15, 0.2) is 6.07 Å². The monoisotopic (exact) mass is 264 g/mol. The molecule has 0 atom stereocenters. The number of carbonyl (C=O) groups is 2. The molecule has 1 fully saturated rings. The molecule has 1 aliphatic rings. The van der Waals surface area contributed by atoms with Gasteiger partial charge in [-0.25, -0.2) is 4.79 Å². The minimum absolute atomic E-state index is 0.0505. The van der Waals surface area contributed by atoms with Crippen LogP contribution < -0.4 is 5.32 Å². The first kappa shape index (κ1) is 13.6. The van der Waals surface area contributed by atoms with Crippen LogP contribution in [0, 0.1) is 12.8 Å². The van der Waals surface area contributed by atoms with E-state index in [-0.39, 0.29) is 11.6 Å². The summed E-state index contributed by atoms with van der Waals surface area (Å²) in [6, 6.07) is 1.65. The number of carboxylic acid groups (broad SMARTS) is 1. The molecule has 104 valence electrons. The Balaban J connectivity index is 1.96. The van der Waals surface area contributed by atoms with Gasteiger partial charge in [0.2, 0.25) is 5.91 Å². The number of amides is 1. The van der Waals surface area contributed by atoms with Crippen molar-refractivity contribution in [1.29, 1.82) is 0 Å². The van der Waals surface area contributed by atoms with Crippen LogP contribution in [-0.2, 0) is 4.79 Å². The number of carboxylic acids is 1. The minimum atomic E-state index is -1.05. The predicted octanol–water partition coefficient (Wildman–Crippen LogP) is 2.93. The van der Waals surface area contributed by atoms with Gasteiger partial charge in [0.15, 0.2) is 0 Å². The van der Waals surface area contributed by atoms with Crippen LogP contribution in [0.1, 0.15) is 54.7 Å². The third-order valence-electron chi connectivity index (χ3n) is 3.64. The number of H-pyrrole nitrogens is 1. The Labute approximate surface area is 112 Å². The van der Waals surface area contributed by atoms with Crippen LogP contribution in [-0.4, -0.2) is 22.0 Å². The van der Waals surface area contributed by atoms with E-state index in [4.69, 9.17) is 5.11 Å². The number of aromatic nitrogens is 1. The van der Waals surface area contributed by atoms with E-state index in [0.29, 0.717) is 18.0 Å². The maximum Gasteiger partial charge on any atom is 0.354 e. The Kier molecular flexibility index (Phi) is 4.24. The van der Waals surface area contributed by atoms with Gasteiger partial charge in [-0.05, 0) is 31.7 Å². The average molecular weight is 264 g/mol. The summed E-state index contributed by atoms with van der Waals surface area (Å²) >= 11 is 0. The fourth-order valence-corrected chi connectivity index (χ4v) is 2.71. The van der Waals surface area contributed by atoms with Crippen molar-refractivity contribution in [2.24, 2.45) is 5.92 Å². The van der Waals surface area contributed by atoms with Crippen molar-refractivity contribution in [3.05, 3.63) is 17.5 Å². The summed E-state index contributed by atoms with van der Waals surface area (Å²) in [4.78, 5) is 25.7. The summed E-state index contributed by atoms with van der Waals surface area (Å²) in [6.45, 7) is 1.77. The number of aryl methyl sites for hydroxylation is 1. The number of aromatic carboxylic acids is 1. The van der Waals surface area contributed by atoms with Crippen molar-refractivity contribution in [2.45, 2.75) is 45.4 Å². The number of nitrogens with one attached hydrogen (secondary N) is 2. The van der Waals surface area contributed by atoms with Crippen LogP contribution in [0.3, 0.4) is 0 Å². The number of carbonyl (C=O) groups excluding carboxylic acids is 1. The molecule has 0 unspecified atom stereocenters. The van der Waals surface area contributed by atoms with Gasteiger partial charge in [0.05, 0.1) is 5.69 Å². The highest BCUT2D eigenvalue weighted by Crippen LogP contribution is 2.27. The number of hydrogen-bond acceptors (Lipinski definition) is 2. The van der Waals surface area contributed by atoms with E-state index in [1.165, 1.54) is 19.3 Å². The van der Waals surface area contributed by atoms with Gasteiger partial charge in [0, 0.05) is 12.1 Å². The summed E-state index contributed by atoms with van der Waals surface area (Å²) in [5, 5.41) is 11.7. The molecule has 0 aromatic carbocycles. The molecule has 3 N–H and O–H groups in total. The van der Waals surface area contributed by atoms with E-state index < -0.39 is 5.97 Å². The Hall–Kier alpha value is -1.78. The van der Waals surface area contributed by atoms with Crippen LogP contribution in [0.5, 0.6) is 0 Å². The lowest BCUT2D eigenvalue weighted by Gasteiger charge is -2.20. The molecule has 1 saturated carbocycles. The van der Waals surface area contributed by atoms with E-state index in [9.17, 15) is 9.59 Å². The third-order valence-corrected chi connectivity index (χ3v) is 3.64. The first-order valence-electron chi connectivity index (χ1n) is 6.79. The summed E-state index contributed by atoms with van der Waals surface area (Å²) in [5.74, 6) is -0.698. The largest absolute Gasteiger partial charge is 0.477 e. The molecule has 0 saturated heterocycles. The summed E-state index contributed by atoms with van der Waals surface area (Å²) in [5.41, 5.74) is 1.14. The molecule has 1 aliphatic carbocycles. The molecular formula is C14H20N2O3. The lowest BCUT2D eigenvalue weighted by Crippen LogP contribution is -2.19. The molecule has 0 aliphatic heterocycles. The van der Waals surface area contributed by atoms with Gasteiger partial charge in [-0.3, -0.25) is 4.79 Å². The first-order chi connectivity index (χ1) is 9.06. The Morgan fingerprint density at radius 1 is 1.37 bits per heavy atom. The lowest BCUT2D eigenvalue weighted by atomic mass is 9.87. The lowest BCUT2D eigenvalue weighted by molar-refractivity contribution is -0.117. The van der Waals surface area contributed by atoms with Gasteiger partial charge < -0.3 is 15.4 Å². The van der Waals surface area contributed by atoms with Gasteiger partial charge in [0.1, 0.15) is 5.69 Å². The molecule has 0 radical (unpaired) electrons. The quantitative estimate of drug-likeness (QED) is 0.782. The zero-order valence-electron chi connectivity index (χ0n) is 11.2. The maximum absolute atomic E-state index is 11.9. The summed E-state index contributed by atoms with van der Waals surface area (Å²) in [6.07, 6.45) is 6.35.